The van der Waals surface area contributed by atoms with Crippen molar-refractivity contribution in [2.75, 3.05) is 6.61 Å². The Kier molecular flexibility index (Phi) is 5.16. The Morgan fingerprint density at radius 3 is 2.25 bits per heavy atom. The van der Waals surface area contributed by atoms with Gasteiger partial charge in [-0.25, -0.2) is 0 Å². The maximum Gasteiger partial charge on any atom is 0.119 e. The highest BCUT2D eigenvalue weighted by atomic mass is 16.5. The molecule has 0 aliphatic carbocycles. The molecule has 20 heavy (non-hydrogen) atoms. The number of nitrogens with two attached hydrogens (primary N) is 1. The van der Waals surface area contributed by atoms with Crippen molar-refractivity contribution in [1.29, 1.82) is 0 Å². The lowest BCUT2D eigenvalue weighted by atomic mass is 10.1. The summed E-state index contributed by atoms with van der Waals surface area (Å²) in [5.74, 6) is 0.743. The van der Waals surface area contributed by atoms with Crippen LogP contribution in [-0.4, -0.2) is 11.7 Å². The van der Waals surface area contributed by atoms with Crippen LogP contribution in [0.3, 0.4) is 0 Å². The van der Waals surface area contributed by atoms with Crippen LogP contribution in [0.2, 0.25) is 0 Å². The predicted octanol–water partition coefficient (Wildman–Crippen LogP) is 3.21. The number of hydrogen-bond acceptors (Lipinski definition) is 3. The fourth-order valence-corrected chi connectivity index (χ4v) is 1.99. The van der Waals surface area contributed by atoms with Crippen LogP contribution in [0.5, 0.6) is 5.75 Å². The van der Waals surface area contributed by atoms with Crippen molar-refractivity contribution >= 4 is 0 Å². The van der Waals surface area contributed by atoms with Gasteiger partial charge in [0.05, 0.1) is 0 Å². The summed E-state index contributed by atoms with van der Waals surface area (Å²) >= 11 is 0. The van der Waals surface area contributed by atoms with E-state index in [1.54, 1.807) is 0 Å². The van der Waals surface area contributed by atoms with E-state index in [1.807, 2.05) is 54.6 Å². The highest BCUT2D eigenvalue weighted by molar-refractivity contribution is 5.29. The first kappa shape index (κ1) is 14.6. The minimum atomic E-state index is -0.617. The molecule has 3 nitrogen and oxygen atoms in total. The number of rotatable bonds is 6. The van der Waals surface area contributed by atoms with Crippen LogP contribution in [0.15, 0.2) is 54.6 Å². The first-order chi connectivity index (χ1) is 9.70. The molecule has 0 saturated carbocycles. The van der Waals surface area contributed by atoms with E-state index >= 15 is 0 Å². The zero-order valence-corrected chi connectivity index (χ0v) is 11.7. The van der Waals surface area contributed by atoms with Gasteiger partial charge in [0, 0.05) is 6.04 Å². The van der Waals surface area contributed by atoms with Gasteiger partial charge in [0.25, 0.3) is 0 Å². The molecule has 0 saturated heterocycles. The number of aliphatic hydroxyl groups excluding tert-OH is 1. The third-order valence-electron chi connectivity index (χ3n) is 3.34. The van der Waals surface area contributed by atoms with Crippen molar-refractivity contribution in [2.45, 2.75) is 25.5 Å². The minimum Gasteiger partial charge on any atom is -0.491 e. The van der Waals surface area contributed by atoms with E-state index in [-0.39, 0.29) is 12.6 Å². The van der Waals surface area contributed by atoms with Crippen LogP contribution in [0.1, 0.15) is 36.6 Å². The Morgan fingerprint density at radius 2 is 1.65 bits per heavy atom. The molecule has 0 heterocycles. The Bertz CT molecular complexity index is 510. The number of benzene rings is 2. The summed E-state index contributed by atoms with van der Waals surface area (Å²) in [5.41, 5.74) is 7.92. The summed E-state index contributed by atoms with van der Waals surface area (Å²) in [5, 5.41) is 10.0. The molecular formula is C17H21NO2. The third-order valence-corrected chi connectivity index (χ3v) is 3.34. The molecule has 0 radical (unpaired) electrons. The van der Waals surface area contributed by atoms with Crippen molar-refractivity contribution < 1.29 is 9.84 Å². The number of ether oxygens (including phenoxy) is 1. The van der Waals surface area contributed by atoms with E-state index in [1.165, 1.54) is 0 Å². The molecule has 2 atom stereocenters. The van der Waals surface area contributed by atoms with E-state index in [4.69, 9.17) is 10.5 Å². The molecule has 0 aliphatic rings. The molecule has 0 bridgehead atoms. The maximum absolute atomic E-state index is 10.0. The van der Waals surface area contributed by atoms with Crippen LogP contribution in [0.4, 0.5) is 0 Å². The van der Waals surface area contributed by atoms with Crippen LogP contribution < -0.4 is 10.5 Å². The normalized spacial score (nSPS) is 13.8. The van der Waals surface area contributed by atoms with Gasteiger partial charge < -0.3 is 15.6 Å². The molecule has 106 valence electrons. The number of aliphatic hydroxyl groups is 1. The van der Waals surface area contributed by atoms with E-state index in [0.717, 1.165) is 23.3 Å². The van der Waals surface area contributed by atoms with Gasteiger partial charge in [-0.2, -0.15) is 0 Å². The molecule has 0 fully saturated rings. The second-order valence-corrected chi connectivity index (χ2v) is 4.82. The Labute approximate surface area is 120 Å². The van der Waals surface area contributed by atoms with Crippen molar-refractivity contribution in [3.05, 3.63) is 65.7 Å². The average Bonchev–Trinajstić information content (AvgIpc) is 2.53. The van der Waals surface area contributed by atoms with Crippen molar-refractivity contribution in [3.63, 3.8) is 0 Å². The second kappa shape index (κ2) is 7.08. The molecular weight excluding hydrogens is 250 g/mol. The Hall–Kier alpha value is -1.84. The summed E-state index contributed by atoms with van der Waals surface area (Å²) < 4.78 is 5.60. The van der Waals surface area contributed by atoms with Crippen LogP contribution in [-0.2, 0) is 0 Å². The largest absolute Gasteiger partial charge is 0.491 e. The molecule has 0 spiro atoms. The first-order valence-electron chi connectivity index (χ1n) is 6.92. The van der Waals surface area contributed by atoms with Crippen LogP contribution in [0, 0.1) is 0 Å². The van der Waals surface area contributed by atoms with Gasteiger partial charge >= 0.3 is 0 Å². The molecule has 3 N–H and O–H groups in total. The van der Waals surface area contributed by atoms with Crippen molar-refractivity contribution in [3.8, 4) is 5.75 Å². The standard InChI is InChI=1S/C17H21NO2/c1-2-16(18)13-8-10-15(11-9-13)20-12-17(19)14-6-4-3-5-7-14/h3-11,16-17,19H,2,12,18H2,1H3. The van der Waals surface area contributed by atoms with Gasteiger partial charge in [-0.15, -0.1) is 0 Å². The zero-order chi connectivity index (χ0) is 14.4. The summed E-state index contributed by atoms with van der Waals surface area (Å²) in [7, 11) is 0. The molecule has 2 aromatic carbocycles. The molecule has 0 amide bonds. The summed E-state index contributed by atoms with van der Waals surface area (Å²) in [6.07, 6.45) is 0.293. The highest BCUT2D eigenvalue weighted by Crippen LogP contribution is 2.20. The minimum absolute atomic E-state index is 0.0685. The predicted molar refractivity (Wildman–Crippen MR) is 80.6 cm³/mol. The lowest BCUT2D eigenvalue weighted by Gasteiger charge is -2.14. The number of hydrogen-bond donors (Lipinski definition) is 2. The molecule has 3 heteroatoms. The molecule has 2 aromatic rings. The first-order valence-corrected chi connectivity index (χ1v) is 6.92. The van der Waals surface area contributed by atoms with E-state index < -0.39 is 6.10 Å². The van der Waals surface area contributed by atoms with Crippen LogP contribution in [0.25, 0.3) is 0 Å². The van der Waals surface area contributed by atoms with Gasteiger partial charge in [-0.05, 0) is 29.7 Å². The molecule has 0 aliphatic heterocycles. The van der Waals surface area contributed by atoms with Gasteiger partial charge in [0.2, 0.25) is 0 Å². The van der Waals surface area contributed by atoms with Crippen molar-refractivity contribution in [2.24, 2.45) is 5.73 Å². The quantitative estimate of drug-likeness (QED) is 0.848. The molecule has 0 aromatic heterocycles. The zero-order valence-electron chi connectivity index (χ0n) is 11.7. The smallest absolute Gasteiger partial charge is 0.119 e. The van der Waals surface area contributed by atoms with Crippen molar-refractivity contribution in [1.82, 2.24) is 0 Å². The summed E-state index contributed by atoms with van der Waals surface area (Å²) in [6.45, 7) is 2.30. The Balaban J connectivity index is 1.91. The second-order valence-electron chi connectivity index (χ2n) is 4.82. The SMILES string of the molecule is CCC(N)c1ccc(OCC(O)c2ccccc2)cc1. The maximum atomic E-state index is 10.0. The lowest BCUT2D eigenvalue weighted by Crippen LogP contribution is -2.10. The van der Waals surface area contributed by atoms with E-state index in [2.05, 4.69) is 6.92 Å². The fourth-order valence-electron chi connectivity index (χ4n) is 1.99. The third kappa shape index (κ3) is 3.83. The van der Waals surface area contributed by atoms with E-state index in [9.17, 15) is 5.11 Å². The van der Waals surface area contributed by atoms with Crippen LogP contribution >= 0.6 is 0 Å². The summed E-state index contributed by atoms with van der Waals surface area (Å²) in [6, 6.07) is 17.3. The molecule has 2 unspecified atom stereocenters. The topological polar surface area (TPSA) is 55.5 Å². The van der Waals surface area contributed by atoms with Gasteiger partial charge in [0.15, 0.2) is 0 Å². The average molecular weight is 271 g/mol. The molecule has 2 rings (SSSR count). The Morgan fingerprint density at radius 1 is 1.00 bits per heavy atom. The monoisotopic (exact) mass is 271 g/mol. The fraction of sp³-hybridized carbons (Fsp3) is 0.294. The summed E-state index contributed by atoms with van der Waals surface area (Å²) in [4.78, 5) is 0. The van der Waals surface area contributed by atoms with Gasteiger partial charge in [0.1, 0.15) is 18.5 Å². The van der Waals surface area contributed by atoms with Gasteiger partial charge in [-0.1, -0.05) is 49.4 Å². The highest BCUT2D eigenvalue weighted by Gasteiger charge is 2.08. The lowest BCUT2D eigenvalue weighted by molar-refractivity contribution is 0.108. The van der Waals surface area contributed by atoms with Gasteiger partial charge in [-0.3, -0.25) is 0 Å². The van der Waals surface area contributed by atoms with E-state index in [0.29, 0.717) is 0 Å².